The van der Waals surface area contributed by atoms with Gasteiger partial charge in [-0.1, -0.05) is 11.6 Å². The van der Waals surface area contributed by atoms with Crippen molar-refractivity contribution in [3.63, 3.8) is 0 Å². The number of nitrogens with zero attached hydrogens (tertiary/aromatic N) is 4. The number of halogens is 1. The number of anilines is 1. The number of hydrogen-bond donors (Lipinski definition) is 2. The van der Waals surface area contributed by atoms with Gasteiger partial charge in [0.25, 0.3) is 5.56 Å². The first-order valence-corrected chi connectivity index (χ1v) is 6.59. The first-order chi connectivity index (χ1) is 9.61. The van der Waals surface area contributed by atoms with E-state index in [0.717, 1.165) is 10.2 Å². The number of rotatable bonds is 6. The van der Waals surface area contributed by atoms with Crippen molar-refractivity contribution in [3.8, 4) is 0 Å². The number of aromatic nitrogens is 4. The molecular weight excluding hydrogens is 282 g/mol. The molecule has 20 heavy (non-hydrogen) atoms. The highest BCUT2D eigenvalue weighted by Crippen LogP contribution is 2.14. The molecular formula is C12H16ClN5O2. The summed E-state index contributed by atoms with van der Waals surface area (Å²) in [5.41, 5.74) is 1.16. The molecule has 0 saturated heterocycles. The molecule has 8 heteroatoms. The van der Waals surface area contributed by atoms with Crippen LogP contribution >= 0.6 is 11.6 Å². The maximum atomic E-state index is 11.8. The molecule has 0 spiro atoms. The second-order valence-electron chi connectivity index (χ2n) is 4.33. The molecule has 0 unspecified atom stereocenters. The minimum atomic E-state index is -0.416. The van der Waals surface area contributed by atoms with E-state index >= 15 is 0 Å². The summed E-state index contributed by atoms with van der Waals surface area (Å²) in [5, 5.41) is 20.0. The lowest BCUT2D eigenvalue weighted by atomic mass is 10.4. The largest absolute Gasteiger partial charge is 0.394 e. The van der Waals surface area contributed by atoms with Gasteiger partial charge in [-0.25, -0.2) is 4.68 Å². The molecule has 2 aromatic heterocycles. The molecule has 0 saturated carbocycles. The molecule has 0 bridgehead atoms. The molecule has 2 rings (SSSR count). The molecule has 0 aromatic carbocycles. The monoisotopic (exact) mass is 297 g/mol. The van der Waals surface area contributed by atoms with Gasteiger partial charge < -0.3 is 10.4 Å². The minimum absolute atomic E-state index is 0.0742. The van der Waals surface area contributed by atoms with Crippen LogP contribution in [0.25, 0.3) is 0 Å². The molecule has 0 radical (unpaired) electrons. The van der Waals surface area contributed by atoms with Crippen molar-refractivity contribution in [2.45, 2.75) is 20.0 Å². The topological polar surface area (TPSA) is 85.0 Å². The van der Waals surface area contributed by atoms with Crippen LogP contribution in [0.15, 0.2) is 23.4 Å². The van der Waals surface area contributed by atoms with Gasteiger partial charge in [-0.2, -0.15) is 10.2 Å². The first kappa shape index (κ1) is 14.5. The smallest absolute Gasteiger partial charge is 0.287 e. The van der Waals surface area contributed by atoms with Crippen molar-refractivity contribution in [3.05, 3.63) is 39.5 Å². The lowest BCUT2D eigenvalue weighted by molar-refractivity contribution is 0.266. The van der Waals surface area contributed by atoms with Gasteiger partial charge in [0.05, 0.1) is 37.8 Å². The molecule has 2 heterocycles. The van der Waals surface area contributed by atoms with Crippen LogP contribution in [0.2, 0.25) is 5.02 Å². The summed E-state index contributed by atoms with van der Waals surface area (Å²) >= 11 is 5.98. The molecule has 0 aliphatic rings. The van der Waals surface area contributed by atoms with Crippen molar-refractivity contribution in [1.29, 1.82) is 0 Å². The van der Waals surface area contributed by atoms with E-state index in [1.807, 2.05) is 13.1 Å². The van der Waals surface area contributed by atoms with E-state index < -0.39 is 5.56 Å². The van der Waals surface area contributed by atoms with E-state index in [2.05, 4.69) is 15.5 Å². The van der Waals surface area contributed by atoms with Gasteiger partial charge in [-0.15, -0.1) is 0 Å². The fraction of sp³-hybridized carbons (Fsp3) is 0.417. The third-order valence-electron chi connectivity index (χ3n) is 2.72. The SMILES string of the molecule is Cc1cnn(CCNc2cnn(CCO)c(=O)c2Cl)c1. The van der Waals surface area contributed by atoms with E-state index in [0.29, 0.717) is 18.8 Å². The summed E-state index contributed by atoms with van der Waals surface area (Å²) in [5.74, 6) is 0. The predicted molar refractivity (Wildman–Crippen MR) is 76.0 cm³/mol. The van der Waals surface area contributed by atoms with Crippen LogP contribution in [0.3, 0.4) is 0 Å². The summed E-state index contributed by atoms with van der Waals surface area (Å²) in [7, 11) is 0. The van der Waals surface area contributed by atoms with Crippen molar-refractivity contribution >= 4 is 17.3 Å². The maximum absolute atomic E-state index is 11.8. The molecule has 7 nitrogen and oxygen atoms in total. The molecule has 0 fully saturated rings. The second-order valence-corrected chi connectivity index (χ2v) is 4.71. The molecule has 0 amide bonds. The molecule has 2 aromatic rings. The summed E-state index contributed by atoms with van der Waals surface area (Å²) in [6.07, 6.45) is 5.19. The van der Waals surface area contributed by atoms with Gasteiger partial charge in [0.1, 0.15) is 5.02 Å². The van der Waals surface area contributed by atoms with Gasteiger partial charge in [-0.05, 0) is 12.5 Å². The molecule has 0 aliphatic heterocycles. The summed E-state index contributed by atoms with van der Waals surface area (Å²) in [4.78, 5) is 11.8. The maximum Gasteiger partial charge on any atom is 0.287 e. The highest BCUT2D eigenvalue weighted by atomic mass is 35.5. The zero-order valence-electron chi connectivity index (χ0n) is 11.1. The van der Waals surface area contributed by atoms with Crippen LogP contribution in [0.1, 0.15) is 5.56 Å². The highest BCUT2D eigenvalue weighted by Gasteiger charge is 2.08. The normalized spacial score (nSPS) is 10.8. The van der Waals surface area contributed by atoms with Crippen LogP contribution in [0, 0.1) is 6.92 Å². The predicted octanol–water partition coefficient (Wildman–Crippen LogP) is 0.506. The van der Waals surface area contributed by atoms with Crippen molar-refractivity contribution in [1.82, 2.24) is 19.6 Å². The Morgan fingerprint density at radius 3 is 2.80 bits per heavy atom. The molecule has 2 N–H and O–H groups in total. The van der Waals surface area contributed by atoms with Crippen molar-refractivity contribution in [2.24, 2.45) is 0 Å². The van der Waals surface area contributed by atoms with E-state index in [1.165, 1.54) is 6.20 Å². The molecule has 0 atom stereocenters. The number of aliphatic hydroxyl groups excluding tert-OH is 1. The summed E-state index contributed by atoms with van der Waals surface area (Å²) < 4.78 is 2.93. The average molecular weight is 298 g/mol. The second kappa shape index (κ2) is 6.53. The lowest BCUT2D eigenvalue weighted by Crippen LogP contribution is -2.26. The highest BCUT2D eigenvalue weighted by molar-refractivity contribution is 6.32. The zero-order valence-corrected chi connectivity index (χ0v) is 11.8. The first-order valence-electron chi connectivity index (χ1n) is 6.21. The Labute approximate surface area is 120 Å². The van der Waals surface area contributed by atoms with Crippen molar-refractivity contribution < 1.29 is 5.11 Å². The Morgan fingerprint density at radius 2 is 2.15 bits per heavy atom. The summed E-state index contributed by atoms with van der Waals surface area (Å²) in [6.45, 7) is 3.18. The number of aryl methyl sites for hydroxylation is 1. The number of aliphatic hydroxyl groups is 1. The standard InChI is InChI=1S/C12H16ClN5O2/c1-9-6-15-17(8-9)3-2-14-10-7-16-18(4-5-19)12(20)11(10)13/h6-8,14,19H,2-5H2,1H3. The van der Waals surface area contributed by atoms with E-state index in [4.69, 9.17) is 16.7 Å². The third-order valence-corrected chi connectivity index (χ3v) is 3.08. The number of hydrogen-bond acceptors (Lipinski definition) is 5. The quantitative estimate of drug-likeness (QED) is 0.811. The third kappa shape index (κ3) is 3.37. The number of nitrogens with one attached hydrogen (secondary N) is 1. The van der Waals surface area contributed by atoms with Gasteiger partial charge >= 0.3 is 0 Å². The van der Waals surface area contributed by atoms with Crippen LogP contribution in [-0.4, -0.2) is 37.8 Å². The Hall–Kier alpha value is -1.86. The molecule has 0 aliphatic carbocycles. The Kier molecular flexibility index (Phi) is 4.75. The fourth-order valence-electron chi connectivity index (χ4n) is 1.74. The van der Waals surface area contributed by atoms with E-state index in [9.17, 15) is 4.79 Å². The van der Waals surface area contributed by atoms with Gasteiger partial charge in [0, 0.05) is 12.7 Å². The minimum Gasteiger partial charge on any atom is -0.394 e. The van der Waals surface area contributed by atoms with E-state index in [-0.39, 0.29) is 18.2 Å². The van der Waals surface area contributed by atoms with Crippen LogP contribution in [0.5, 0.6) is 0 Å². The zero-order chi connectivity index (χ0) is 14.5. The fourth-order valence-corrected chi connectivity index (χ4v) is 1.95. The van der Waals surface area contributed by atoms with Crippen LogP contribution < -0.4 is 10.9 Å². The van der Waals surface area contributed by atoms with Crippen LogP contribution in [-0.2, 0) is 13.1 Å². The Balaban J connectivity index is 1.99. The molecule has 108 valence electrons. The van der Waals surface area contributed by atoms with Crippen molar-refractivity contribution in [2.75, 3.05) is 18.5 Å². The summed E-state index contributed by atoms with van der Waals surface area (Å²) in [6, 6.07) is 0. The van der Waals surface area contributed by atoms with Crippen LogP contribution in [0.4, 0.5) is 5.69 Å². The Morgan fingerprint density at radius 1 is 1.35 bits per heavy atom. The van der Waals surface area contributed by atoms with Gasteiger partial charge in [0.2, 0.25) is 0 Å². The van der Waals surface area contributed by atoms with E-state index in [1.54, 1.807) is 10.9 Å². The average Bonchev–Trinajstić information content (AvgIpc) is 2.84. The van der Waals surface area contributed by atoms with Gasteiger partial charge in [-0.3, -0.25) is 9.48 Å². The Bertz CT molecular complexity index is 637. The lowest BCUT2D eigenvalue weighted by Gasteiger charge is -2.09. The van der Waals surface area contributed by atoms with Gasteiger partial charge in [0.15, 0.2) is 0 Å².